The highest BCUT2D eigenvalue weighted by Crippen LogP contribution is 2.57. The average molecular weight is 501 g/mol. The lowest BCUT2D eigenvalue weighted by atomic mass is 9.88. The fraction of sp³-hybridized carbons (Fsp3) is 0.400. The average Bonchev–Trinajstić information content (AvgIpc) is 3.18. The Morgan fingerprint density at radius 2 is 2.03 bits per heavy atom. The number of nitrogens with zero attached hydrogens (tertiary/aromatic N) is 4. The summed E-state index contributed by atoms with van der Waals surface area (Å²) in [6.07, 6.45) is 2.70. The smallest absolute Gasteiger partial charge is 0.303 e. The molecule has 0 spiro atoms. The molecule has 10 heteroatoms. The molecule has 0 fully saturated rings. The number of benzene rings is 2. The zero-order valence-corrected chi connectivity index (χ0v) is 21.0. The van der Waals surface area contributed by atoms with Gasteiger partial charge < -0.3 is 9.84 Å². The van der Waals surface area contributed by atoms with Crippen LogP contribution >= 0.6 is 10.8 Å². The minimum Gasteiger partial charge on any atom is -0.487 e. The summed E-state index contributed by atoms with van der Waals surface area (Å²) in [6.45, 7) is 4.52. The van der Waals surface area contributed by atoms with Crippen LogP contribution in [-0.2, 0) is 24.8 Å². The molecule has 0 bridgehead atoms. The van der Waals surface area contributed by atoms with E-state index in [0.29, 0.717) is 36.6 Å². The first-order valence-corrected chi connectivity index (χ1v) is 13.1. The molecule has 0 aliphatic carbocycles. The summed E-state index contributed by atoms with van der Waals surface area (Å²) in [5, 5.41) is 17.9. The van der Waals surface area contributed by atoms with E-state index in [9.17, 15) is 19.0 Å². The number of fused-ring (bicyclic) bond motifs is 1. The van der Waals surface area contributed by atoms with Gasteiger partial charge in [-0.2, -0.15) is 19.3 Å². The minimum absolute atomic E-state index is 0.0000850. The van der Waals surface area contributed by atoms with Gasteiger partial charge in [0.15, 0.2) is 0 Å². The number of hydrogen-bond donors (Lipinski definition) is 3. The number of carbonyl (C=O) groups is 1. The van der Waals surface area contributed by atoms with Crippen LogP contribution in [0.4, 0.5) is 0 Å². The Morgan fingerprint density at radius 1 is 1.26 bits per heavy atom. The lowest BCUT2D eigenvalue weighted by Gasteiger charge is -2.42. The molecular weight excluding hydrogens is 468 g/mol. The van der Waals surface area contributed by atoms with Gasteiger partial charge in [0.1, 0.15) is 16.7 Å². The SMILES string of the molecule is Cc1ccc(C(CCc2cnn(C)n2)CC(=O)O)cc1CN1C[C@@H](C)Oc2ccccc2S1(O)O. The maximum Gasteiger partial charge on any atom is 0.303 e. The lowest BCUT2D eigenvalue weighted by Crippen LogP contribution is -2.33. The third-order valence-electron chi connectivity index (χ3n) is 6.30. The summed E-state index contributed by atoms with van der Waals surface area (Å²) in [5.41, 5.74) is 3.65. The third-order valence-corrected chi connectivity index (χ3v) is 8.23. The molecule has 1 aromatic heterocycles. The standard InChI is InChI=1S/C25H32N4O5S/c1-17-8-9-19(20(13-25(30)31)10-11-22-14-26-28(3)27-22)12-21(17)16-29-15-18(2)34-23-6-4-5-7-24(23)35(29,32)33/h4-9,12,14,18,20,32-33H,10-11,13,15-16H2,1-3H3,(H,30,31)/t18-,20?/m1/s1. The zero-order valence-electron chi connectivity index (χ0n) is 20.2. The van der Waals surface area contributed by atoms with Crippen molar-refractivity contribution in [1.82, 2.24) is 19.3 Å². The van der Waals surface area contributed by atoms with Crippen LogP contribution in [0, 0.1) is 6.92 Å². The summed E-state index contributed by atoms with van der Waals surface area (Å²) in [5.74, 6) is -0.583. The Hall–Kier alpha value is -2.92. The molecule has 0 saturated carbocycles. The van der Waals surface area contributed by atoms with Gasteiger partial charge >= 0.3 is 5.97 Å². The van der Waals surface area contributed by atoms with Crippen LogP contribution in [0.3, 0.4) is 0 Å². The highest BCUT2D eigenvalue weighted by Gasteiger charge is 2.34. The van der Waals surface area contributed by atoms with Crippen molar-refractivity contribution < 1.29 is 23.7 Å². The van der Waals surface area contributed by atoms with Gasteiger partial charge in [-0.3, -0.25) is 13.9 Å². The van der Waals surface area contributed by atoms with E-state index in [1.807, 2.05) is 38.1 Å². The monoisotopic (exact) mass is 500 g/mol. The van der Waals surface area contributed by atoms with Crippen molar-refractivity contribution in [2.45, 2.75) is 56.6 Å². The Balaban J connectivity index is 1.60. The Bertz CT molecular complexity index is 1200. The fourth-order valence-corrected chi connectivity index (χ4v) is 6.10. The summed E-state index contributed by atoms with van der Waals surface area (Å²) in [4.78, 5) is 13.5. The molecule has 0 radical (unpaired) electrons. The molecule has 0 amide bonds. The second kappa shape index (κ2) is 10.4. The van der Waals surface area contributed by atoms with Crippen molar-refractivity contribution in [1.29, 1.82) is 0 Å². The second-order valence-corrected chi connectivity index (χ2v) is 11.1. The van der Waals surface area contributed by atoms with Gasteiger partial charge in [-0.25, -0.2) is 0 Å². The second-order valence-electron chi connectivity index (χ2n) is 9.06. The Morgan fingerprint density at radius 3 is 2.74 bits per heavy atom. The number of carboxylic acids is 1. The van der Waals surface area contributed by atoms with Crippen molar-refractivity contribution in [2.24, 2.45) is 7.05 Å². The van der Waals surface area contributed by atoms with E-state index in [4.69, 9.17) is 4.74 Å². The number of aryl methyl sites for hydroxylation is 3. The maximum atomic E-state index is 11.6. The largest absolute Gasteiger partial charge is 0.487 e. The molecule has 188 valence electrons. The predicted octanol–water partition coefficient (Wildman–Crippen LogP) is 4.62. The number of rotatable bonds is 8. The van der Waals surface area contributed by atoms with Gasteiger partial charge in [0.2, 0.25) is 0 Å². The van der Waals surface area contributed by atoms with E-state index >= 15 is 0 Å². The Kier molecular flexibility index (Phi) is 7.46. The molecular formula is C25H32N4O5S. The molecule has 1 aliphatic rings. The number of hydrogen-bond acceptors (Lipinski definition) is 7. The van der Waals surface area contributed by atoms with Gasteiger partial charge in [0.05, 0.1) is 24.9 Å². The first-order valence-electron chi connectivity index (χ1n) is 11.6. The molecule has 2 aromatic carbocycles. The molecule has 1 unspecified atom stereocenters. The van der Waals surface area contributed by atoms with Gasteiger partial charge in [-0.05, 0) is 61.4 Å². The van der Waals surface area contributed by atoms with Gasteiger partial charge in [0.25, 0.3) is 0 Å². The van der Waals surface area contributed by atoms with Crippen molar-refractivity contribution in [3.63, 3.8) is 0 Å². The van der Waals surface area contributed by atoms with E-state index in [1.54, 1.807) is 35.7 Å². The van der Waals surface area contributed by atoms with Gasteiger partial charge in [-0.1, -0.05) is 30.3 Å². The summed E-state index contributed by atoms with van der Waals surface area (Å²) >= 11 is 0. The van der Waals surface area contributed by atoms with Crippen molar-refractivity contribution >= 4 is 16.7 Å². The van der Waals surface area contributed by atoms with E-state index < -0.39 is 16.7 Å². The van der Waals surface area contributed by atoms with Crippen molar-refractivity contribution in [3.8, 4) is 5.75 Å². The first kappa shape index (κ1) is 25.2. The van der Waals surface area contributed by atoms with Crippen LogP contribution in [-0.4, -0.2) is 52.1 Å². The molecule has 3 N–H and O–H groups in total. The van der Waals surface area contributed by atoms with Crippen LogP contribution in [0.2, 0.25) is 0 Å². The highest BCUT2D eigenvalue weighted by atomic mass is 32.3. The molecule has 2 heterocycles. The number of ether oxygens (including phenoxy) is 1. The number of aromatic nitrogens is 3. The molecule has 0 saturated heterocycles. The fourth-order valence-electron chi connectivity index (χ4n) is 4.44. The van der Waals surface area contributed by atoms with E-state index in [0.717, 1.165) is 22.4 Å². The Labute approximate surface area is 206 Å². The topological polar surface area (TPSA) is 121 Å². The normalized spacial score (nSPS) is 19.3. The maximum absolute atomic E-state index is 11.6. The van der Waals surface area contributed by atoms with Crippen LogP contribution < -0.4 is 4.74 Å². The summed E-state index contributed by atoms with van der Waals surface area (Å²) < 4.78 is 30.1. The van der Waals surface area contributed by atoms with Crippen molar-refractivity contribution in [2.75, 3.05) is 6.54 Å². The zero-order chi connectivity index (χ0) is 25.2. The summed E-state index contributed by atoms with van der Waals surface area (Å²) in [6, 6.07) is 13.0. The number of aliphatic carboxylic acids is 1. The van der Waals surface area contributed by atoms with Gasteiger partial charge in [-0.15, -0.1) is 10.8 Å². The third kappa shape index (κ3) is 5.84. The van der Waals surface area contributed by atoms with E-state index in [-0.39, 0.29) is 18.4 Å². The van der Waals surface area contributed by atoms with Gasteiger partial charge in [0, 0.05) is 13.6 Å². The molecule has 4 rings (SSSR count). The molecule has 35 heavy (non-hydrogen) atoms. The lowest BCUT2D eigenvalue weighted by molar-refractivity contribution is -0.137. The summed E-state index contributed by atoms with van der Waals surface area (Å²) in [7, 11) is -1.51. The van der Waals surface area contributed by atoms with Crippen LogP contribution in [0.25, 0.3) is 0 Å². The number of para-hydroxylation sites is 1. The number of carboxylic acid groups (broad SMARTS) is 1. The molecule has 3 aromatic rings. The van der Waals surface area contributed by atoms with E-state index in [1.165, 1.54) is 4.80 Å². The minimum atomic E-state index is -3.27. The van der Waals surface area contributed by atoms with Crippen LogP contribution in [0.1, 0.15) is 48.1 Å². The van der Waals surface area contributed by atoms with Crippen LogP contribution in [0.5, 0.6) is 5.75 Å². The van der Waals surface area contributed by atoms with Crippen molar-refractivity contribution in [3.05, 3.63) is 71.0 Å². The quantitative estimate of drug-likeness (QED) is 0.410. The highest BCUT2D eigenvalue weighted by molar-refractivity contribution is 8.22. The predicted molar refractivity (Wildman–Crippen MR) is 134 cm³/mol. The van der Waals surface area contributed by atoms with E-state index in [2.05, 4.69) is 10.2 Å². The molecule has 1 aliphatic heterocycles. The van der Waals surface area contributed by atoms with Crippen LogP contribution in [0.15, 0.2) is 53.6 Å². The molecule has 2 atom stereocenters. The first-order chi connectivity index (χ1) is 16.6. The molecule has 9 nitrogen and oxygen atoms in total.